The second-order valence-electron chi connectivity index (χ2n) is 4.46. The molecule has 0 spiro atoms. The minimum absolute atomic E-state index is 0.273. The van der Waals surface area contributed by atoms with Crippen LogP contribution in [0.4, 0.5) is 35.1 Å². The summed E-state index contributed by atoms with van der Waals surface area (Å²) in [6.07, 6.45) is -13.2. The molecule has 24 heavy (non-hydrogen) atoms. The first-order chi connectivity index (χ1) is 10.8. The van der Waals surface area contributed by atoms with Gasteiger partial charge in [0.1, 0.15) is 5.69 Å². The molecule has 0 aliphatic heterocycles. The summed E-state index contributed by atoms with van der Waals surface area (Å²) < 4.78 is 102. The van der Waals surface area contributed by atoms with E-state index in [0.717, 1.165) is 0 Å². The Bertz CT molecular complexity index is 740. The van der Waals surface area contributed by atoms with Gasteiger partial charge < -0.3 is 0 Å². The number of rotatable bonds is 2. The third-order valence-electron chi connectivity index (χ3n) is 2.82. The Labute approximate surface area is 138 Å². The van der Waals surface area contributed by atoms with Crippen LogP contribution in [0.2, 0.25) is 10.0 Å². The van der Waals surface area contributed by atoms with Gasteiger partial charge in [-0.05, 0) is 12.1 Å². The molecule has 0 fully saturated rings. The van der Waals surface area contributed by atoms with Crippen LogP contribution in [0.1, 0.15) is 23.2 Å². The van der Waals surface area contributed by atoms with E-state index in [0.29, 0.717) is 18.3 Å². The first kappa shape index (κ1) is 18.8. The summed E-state index contributed by atoms with van der Waals surface area (Å²) in [7, 11) is 0. The van der Waals surface area contributed by atoms with E-state index in [1.807, 2.05) is 0 Å². The van der Waals surface area contributed by atoms with E-state index in [1.54, 1.807) is 0 Å². The maximum atomic E-state index is 12.7. The Kier molecular flexibility index (Phi) is 4.75. The lowest BCUT2D eigenvalue weighted by Crippen LogP contribution is -2.10. The maximum Gasteiger partial charge on any atom is 0.435 e. The van der Waals surface area contributed by atoms with Crippen LogP contribution in [0.15, 0.2) is 18.3 Å². The fraction of sp³-hybridized carbons (Fsp3) is 0.250. The number of aromatic nitrogens is 2. The fourth-order valence-corrected chi connectivity index (χ4v) is 2.49. The summed E-state index contributed by atoms with van der Waals surface area (Å²) in [6.45, 7) is 0. The molecule has 1 aromatic heterocycles. The van der Waals surface area contributed by atoms with Gasteiger partial charge in [0.2, 0.25) is 0 Å². The van der Waals surface area contributed by atoms with Crippen molar-refractivity contribution in [2.24, 2.45) is 0 Å². The van der Waals surface area contributed by atoms with Crippen LogP contribution in [0.25, 0.3) is 5.69 Å². The molecule has 2 nitrogen and oxygen atoms in total. The van der Waals surface area contributed by atoms with Gasteiger partial charge in [-0.2, -0.15) is 31.4 Å². The molecule has 12 heteroatoms. The van der Waals surface area contributed by atoms with Crippen molar-refractivity contribution in [2.75, 3.05) is 0 Å². The highest BCUT2D eigenvalue weighted by atomic mass is 35.5. The number of halogens is 10. The van der Waals surface area contributed by atoms with Gasteiger partial charge in [-0.25, -0.2) is 13.5 Å². The predicted molar refractivity (Wildman–Crippen MR) is 68.5 cm³/mol. The van der Waals surface area contributed by atoms with Gasteiger partial charge in [0, 0.05) is 6.20 Å². The lowest BCUT2D eigenvalue weighted by molar-refractivity contribution is -0.143. The van der Waals surface area contributed by atoms with Crippen LogP contribution in [-0.2, 0) is 12.4 Å². The molecule has 0 bridgehead atoms. The summed E-state index contributed by atoms with van der Waals surface area (Å²) in [5.41, 5.74) is -5.17. The van der Waals surface area contributed by atoms with E-state index in [-0.39, 0.29) is 4.68 Å². The molecule has 0 atom stereocenters. The van der Waals surface area contributed by atoms with Crippen molar-refractivity contribution < 1.29 is 35.1 Å². The van der Waals surface area contributed by atoms with Crippen molar-refractivity contribution in [2.45, 2.75) is 18.8 Å². The van der Waals surface area contributed by atoms with Crippen molar-refractivity contribution in [3.63, 3.8) is 0 Å². The Balaban J connectivity index is 2.66. The molecule has 0 aliphatic carbocycles. The van der Waals surface area contributed by atoms with E-state index >= 15 is 0 Å². The molecule has 0 saturated heterocycles. The molecule has 0 saturated carbocycles. The lowest BCUT2D eigenvalue weighted by Gasteiger charge is -2.12. The first-order valence-corrected chi connectivity index (χ1v) is 6.59. The molecule has 1 aromatic carbocycles. The van der Waals surface area contributed by atoms with Crippen LogP contribution < -0.4 is 0 Å². The largest absolute Gasteiger partial charge is 0.435 e. The Hall–Kier alpha value is -1.55. The molecule has 0 aliphatic rings. The first-order valence-electron chi connectivity index (χ1n) is 5.84. The van der Waals surface area contributed by atoms with Crippen LogP contribution in [0.5, 0.6) is 0 Å². The molecule has 132 valence electrons. The minimum Gasteiger partial charge on any atom is -0.237 e. The van der Waals surface area contributed by atoms with E-state index in [4.69, 9.17) is 23.2 Å². The van der Waals surface area contributed by atoms with E-state index in [2.05, 4.69) is 5.10 Å². The zero-order valence-corrected chi connectivity index (χ0v) is 12.5. The second kappa shape index (κ2) is 6.07. The van der Waals surface area contributed by atoms with Crippen LogP contribution in [0.3, 0.4) is 0 Å². The monoisotopic (exact) mass is 398 g/mol. The molecule has 2 rings (SSSR count). The van der Waals surface area contributed by atoms with Crippen molar-refractivity contribution in [3.8, 4) is 5.69 Å². The average Bonchev–Trinajstić information content (AvgIpc) is 2.81. The molecular weight excluding hydrogens is 395 g/mol. The van der Waals surface area contributed by atoms with Crippen molar-refractivity contribution in [1.29, 1.82) is 0 Å². The summed E-state index contributed by atoms with van der Waals surface area (Å²) >= 11 is 11.2. The topological polar surface area (TPSA) is 17.8 Å². The number of nitrogens with zero attached hydrogens (tertiary/aromatic N) is 2. The maximum absolute atomic E-state index is 12.7. The summed E-state index contributed by atoms with van der Waals surface area (Å²) in [4.78, 5) is 0. The van der Waals surface area contributed by atoms with Crippen molar-refractivity contribution in [1.82, 2.24) is 9.78 Å². The average molecular weight is 399 g/mol. The highest BCUT2D eigenvalue weighted by Gasteiger charge is 2.40. The highest BCUT2D eigenvalue weighted by molar-refractivity contribution is 6.37. The van der Waals surface area contributed by atoms with Gasteiger partial charge >= 0.3 is 12.4 Å². The van der Waals surface area contributed by atoms with E-state index in [1.165, 1.54) is 0 Å². The summed E-state index contributed by atoms with van der Waals surface area (Å²) in [6, 6.07) is 0.805. The van der Waals surface area contributed by atoms with Gasteiger partial charge in [0.25, 0.3) is 6.43 Å². The third-order valence-corrected chi connectivity index (χ3v) is 3.40. The van der Waals surface area contributed by atoms with Gasteiger partial charge in [-0.3, -0.25) is 0 Å². The molecule has 0 radical (unpaired) electrons. The van der Waals surface area contributed by atoms with Crippen molar-refractivity contribution >= 4 is 23.2 Å². The van der Waals surface area contributed by atoms with Gasteiger partial charge in [0.05, 0.1) is 21.2 Å². The standard InChI is InChI=1S/C12H4Cl2F8N2/c13-6-1-4(11(17,18)19)2-7(14)8(6)24-3-5(10(15)16)9(23-24)12(20,21)22/h1-3,10H. The normalized spacial score (nSPS) is 13.0. The minimum atomic E-state index is -5.19. The van der Waals surface area contributed by atoms with Crippen LogP contribution >= 0.6 is 23.2 Å². The molecule has 0 unspecified atom stereocenters. The summed E-state index contributed by atoms with van der Waals surface area (Å²) in [5, 5.41) is 1.54. The Morgan fingerprint density at radius 1 is 0.917 bits per heavy atom. The smallest absolute Gasteiger partial charge is 0.237 e. The molecule has 0 N–H and O–H groups in total. The Morgan fingerprint density at radius 3 is 1.75 bits per heavy atom. The quantitative estimate of drug-likeness (QED) is 0.554. The van der Waals surface area contributed by atoms with Gasteiger partial charge in [-0.15, -0.1) is 0 Å². The predicted octanol–water partition coefficient (Wildman–Crippen LogP) is 6.15. The zero-order chi connectivity index (χ0) is 18.4. The number of alkyl halides is 8. The van der Waals surface area contributed by atoms with Gasteiger partial charge in [0.15, 0.2) is 5.69 Å². The van der Waals surface area contributed by atoms with E-state index < -0.39 is 51.3 Å². The zero-order valence-electron chi connectivity index (χ0n) is 11.0. The molecule has 1 heterocycles. The Morgan fingerprint density at radius 2 is 1.42 bits per heavy atom. The summed E-state index contributed by atoms with van der Waals surface area (Å²) in [5.74, 6) is 0. The molecular formula is C12H4Cl2F8N2. The van der Waals surface area contributed by atoms with E-state index in [9.17, 15) is 35.1 Å². The highest BCUT2D eigenvalue weighted by Crippen LogP contribution is 2.40. The number of hydrogen-bond donors (Lipinski definition) is 0. The van der Waals surface area contributed by atoms with Gasteiger partial charge in [-0.1, -0.05) is 23.2 Å². The molecule has 0 amide bonds. The second-order valence-corrected chi connectivity index (χ2v) is 5.28. The van der Waals surface area contributed by atoms with Crippen LogP contribution in [0, 0.1) is 0 Å². The number of hydrogen-bond acceptors (Lipinski definition) is 1. The van der Waals surface area contributed by atoms with Crippen LogP contribution in [-0.4, -0.2) is 9.78 Å². The lowest BCUT2D eigenvalue weighted by atomic mass is 10.2. The number of benzene rings is 1. The van der Waals surface area contributed by atoms with Crippen molar-refractivity contribution in [3.05, 3.63) is 45.2 Å². The SMILES string of the molecule is FC(F)c1cn(-c2c(Cl)cc(C(F)(F)F)cc2Cl)nc1C(F)(F)F. The molecule has 2 aromatic rings. The third kappa shape index (κ3) is 3.59. The fourth-order valence-electron chi connectivity index (χ4n) is 1.83.